The van der Waals surface area contributed by atoms with E-state index in [1.807, 2.05) is 24.3 Å². The van der Waals surface area contributed by atoms with E-state index in [4.69, 9.17) is 25.8 Å². The van der Waals surface area contributed by atoms with Crippen molar-refractivity contribution < 1.29 is 23.8 Å². The van der Waals surface area contributed by atoms with Crippen molar-refractivity contribution in [3.63, 3.8) is 0 Å². The molecule has 0 bridgehead atoms. The summed E-state index contributed by atoms with van der Waals surface area (Å²) in [5, 5.41) is 3.28. The van der Waals surface area contributed by atoms with Crippen molar-refractivity contribution in [2.24, 2.45) is 0 Å². The Morgan fingerprint density at radius 1 is 0.927 bits per heavy atom. The smallest absolute Gasteiger partial charge is 0.262 e. The van der Waals surface area contributed by atoms with Crippen LogP contribution in [0.25, 0.3) is 0 Å². The third-order valence-electron chi connectivity index (χ3n) is 7.51. The number of amides is 2. The topological polar surface area (TPSA) is 90.0 Å². The van der Waals surface area contributed by atoms with E-state index in [1.165, 1.54) is 32.4 Å². The van der Waals surface area contributed by atoms with Crippen molar-refractivity contribution in [3.05, 3.63) is 76.6 Å². The van der Waals surface area contributed by atoms with Crippen molar-refractivity contribution in [1.29, 1.82) is 0 Å². The number of aromatic nitrogens is 1. The predicted octanol–water partition coefficient (Wildman–Crippen LogP) is 6.72. The summed E-state index contributed by atoms with van der Waals surface area (Å²) in [6.45, 7) is 4.20. The number of carbonyl (C=O) groups is 2. The number of carbonyl (C=O) groups excluding carboxylic acids is 2. The number of anilines is 1. The molecule has 218 valence electrons. The highest BCUT2D eigenvalue weighted by atomic mass is 35.5. The molecule has 1 aromatic heterocycles. The van der Waals surface area contributed by atoms with Gasteiger partial charge in [0.05, 0.1) is 26.9 Å². The van der Waals surface area contributed by atoms with Gasteiger partial charge in [-0.25, -0.2) is 4.98 Å². The minimum Gasteiger partial charge on any atom is -0.493 e. The highest BCUT2D eigenvalue weighted by molar-refractivity contribution is 6.33. The maximum atomic E-state index is 14.4. The van der Waals surface area contributed by atoms with Gasteiger partial charge in [0.1, 0.15) is 11.2 Å². The molecule has 2 amide bonds. The van der Waals surface area contributed by atoms with E-state index in [9.17, 15) is 9.59 Å². The zero-order valence-corrected chi connectivity index (χ0v) is 25.0. The second-order valence-corrected chi connectivity index (χ2v) is 10.8. The molecule has 9 heteroatoms. The van der Waals surface area contributed by atoms with Crippen LogP contribution in [0.4, 0.5) is 5.69 Å². The maximum Gasteiger partial charge on any atom is 0.262 e. The van der Waals surface area contributed by atoms with E-state index < -0.39 is 11.9 Å². The molecular formula is C32H38ClN3O5. The van der Waals surface area contributed by atoms with E-state index in [0.717, 1.165) is 37.7 Å². The Hall–Kier alpha value is -3.78. The lowest BCUT2D eigenvalue weighted by Gasteiger charge is -2.34. The molecule has 0 radical (unpaired) electrons. The fraction of sp³-hybridized carbons (Fsp3) is 0.406. The number of pyridine rings is 1. The highest BCUT2D eigenvalue weighted by Crippen LogP contribution is 2.42. The van der Waals surface area contributed by atoms with Gasteiger partial charge in [0.2, 0.25) is 11.7 Å². The zero-order valence-electron chi connectivity index (χ0n) is 24.3. The average molecular weight is 580 g/mol. The number of halogens is 1. The number of nitrogens with zero attached hydrogens (tertiary/aromatic N) is 2. The largest absolute Gasteiger partial charge is 0.493 e. The number of hydrogen-bond acceptors (Lipinski definition) is 6. The van der Waals surface area contributed by atoms with E-state index in [0.29, 0.717) is 34.4 Å². The monoisotopic (exact) mass is 579 g/mol. The molecule has 8 nitrogen and oxygen atoms in total. The summed E-state index contributed by atoms with van der Waals surface area (Å²) < 4.78 is 16.8. The van der Waals surface area contributed by atoms with Crippen molar-refractivity contribution in [3.8, 4) is 17.2 Å². The molecule has 0 aliphatic heterocycles. The molecule has 1 aliphatic rings. The van der Waals surface area contributed by atoms with Crippen LogP contribution in [0.5, 0.6) is 17.2 Å². The Bertz CT molecular complexity index is 1330. The Morgan fingerprint density at radius 3 is 2.10 bits per heavy atom. The van der Waals surface area contributed by atoms with Crippen LogP contribution in [0.1, 0.15) is 79.4 Å². The predicted molar refractivity (Wildman–Crippen MR) is 160 cm³/mol. The molecule has 1 heterocycles. The molecule has 0 saturated heterocycles. The van der Waals surface area contributed by atoms with Gasteiger partial charge in [-0.15, -0.1) is 0 Å². The van der Waals surface area contributed by atoms with Crippen LogP contribution in [0.3, 0.4) is 0 Å². The van der Waals surface area contributed by atoms with Crippen molar-refractivity contribution in [2.75, 3.05) is 26.2 Å². The second-order valence-electron chi connectivity index (χ2n) is 10.5. The first-order valence-corrected chi connectivity index (χ1v) is 14.3. The van der Waals surface area contributed by atoms with Crippen molar-refractivity contribution in [1.82, 2.24) is 10.3 Å². The van der Waals surface area contributed by atoms with Gasteiger partial charge >= 0.3 is 0 Å². The standard InChI is InChI=1S/C32H38ClN3O5/c1-20(2)21-13-15-24(16-14-21)36(32(38)25-12-9-17-34-30(25)33)28(31(37)35-23-10-7-6-8-11-23)22-18-26(39-3)29(41-5)27(19-22)40-4/h9,12-20,23,28H,6-8,10-11H2,1-5H3,(H,35,37). The summed E-state index contributed by atoms with van der Waals surface area (Å²) in [5.74, 6) is 0.658. The fourth-order valence-corrected chi connectivity index (χ4v) is 5.48. The second kappa shape index (κ2) is 13.7. The fourth-order valence-electron chi connectivity index (χ4n) is 5.28. The summed E-state index contributed by atoms with van der Waals surface area (Å²) in [5.41, 5.74) is 2.33. The summed E-state index contributed by atoms with van der Waals surface area (Å²) in [6, 6.07) is 13.3. The van der Waals surface area contributed by atoms with Crippen LogP contribution in [0.2, 0.25) is 5.15 Å². The molecule has 1 aliphatic carbocycles. The maximum absolute atomic E-state index is 14.4. The lowest BCUT2D eigenvalue weighted by molar-refractivity contribution is -0.123. The van der Waals surface area contributed by atoms with Gasteiger partial charge in [0.25, 0.3) is 5.91 Å². The average Bonchev–Trinajstić information content (AvgIpc) is 2.99. The summed E-state index contributed by atoms with van der Waals surface area (Å²) >= 11 is 6.42. The van der Waals surface area contributed by atoms with Gasteiger partial charge < -0.3 is 19.5 Å². The normalized spacial score (nSPS) is 14.3. The van der Waals surface area contributed by atoms with E-state index in [2.05, 4.69) is 24.1 Å². The number of ether oxygens (including phenoxy) is 3. The van der Waals surface area contributed by atoms with Crippen molar-refractivity contribution in [2.45, 2.75) is 64.0 Å². The number of nitrogens with one attached hydrogen (secondary N) is 1. The number of benzene rings is 2. The van der Waals surface area contributed by atoms with Crippen molar-refractivity contribution >= 4 is 29.1 Å². The third kappa shape index (κ3) is 6.76. The van der Waals surface area contributed by atoms with Crippen LogP contribution < -0.4 is 24.4 Å². The first kappa shape index (κ1) is 30.2. The molecular weight excluding hydrogens is 542 g/mol. The Morgan fingerprint density at radius 2 is 1.56 bits per heavy atom. The minimum atomic E-state index is -1.08. The van der Waals surface area contributed by atoms with Crippen LogP contribution in [-0.4, -0.2) is 44.2 Å². The first-order valence-electron chi connectivity index (χ1n) is 13.9. The number of hydrogen-bond donors (Lipinski definition) is 1. The Kier molecular flexibility index (Phi) is 10.1. The first-order chi connectivity index (χ1) is 19.8. The minimum absolute atomic E-state index is 0.0167. The third-order valence-corrected chi connectivity index (χ3v) is 7.81. The van der Waals surface area contributed by atoms with Gasteiger partial charge in [-0.2, -0.15) is 0 Å². The van der Waals surface area contributed by atoms with Gasteiger partial charge in [0, 0.05) is 17.9 Å². The molecule has 0 spiro atoms. The molecule has 4 rings (SSSR count). The van der Waals surface area contributed by atoms with Gasteiger partial charge in [-0.3, -0.25) is 14.5 Å². The number of rotatable bonds is 10. The van der Waals surface area contributed by atoms with E-state index in [-0.39, 0.29) is 22.7 Å². The molecule has 1 unspecified atom stereocenters. The van der Waals surface area contributed by atoms with Gasteiger partial charge in [-0.1, -0.05) is 56.8 Å². The zero-order chi connectivity index (χ0) is 29.5. The highest BCUT2D eigenvalue weighted by Gasteiger charge is 2.37. The van der Waals surface area contributed by atoms with Crippen LogP contribution in [0, 0.1) is 0 Å². The van der Waals surface area contributed by atoms with Crippen LogP contribution in [0.15, 0.2) is 54.7 Å². The quantitative estimate of drug-likeness (QED) is 0.268. The molecule has 1 saturated carbocycles. The molecule has 1 fully saturated rings. The Labute approximate surface area is 247 Å². The van der Waals surface area contributed by atoms with E-state index >= 15 is 0 Å². The molecule has 41 heavy (non-hydrogen) atoms. The summed E-state index contributed by atoms with van der Waals surface area (Å²) in [6.07, 6.45) is 6.54. The summed E-state index contributed by atoms with van der Waals surface area (Å²) in [7, 11) is 4.55. The lowest BCUT2D eigenvalue weighted by Crippen LogP contribution is -2.47. The number of methoxy groups -OCH3 is 3. The van der Waals surface area contributed by atoms with Gasteiger partial charge in [0.15, 0.2) is 11.5 Å². The molecule has 1 N–H and O–H groups in total. The molecule has 2 aromatic carbocycles. The van der Waals surface area contributed by atoms with Crippen LogP contribution in [-0.2, 0) is 4.79 Å². The Balaban J connectivity index is 1.93. The SMILES string of the molecule is COc1cc(C(C(=O)NC2CCCCC2)N(C(=O)c2cccnc2Cl)c2ccc(C(C)C)cc2)cc(OC)c1OC. The van der Waals surface area contributed by atoms with Gasteiger partial charge in [-0.05, 0) is 66.3 Å². The summed E-state index contributed by atoms with van der Waals surface area (Å²) in [4.78, 5) is 34.3. The van der Waals surface area contributed by atoms with Crippen LogP contribution >= 0.6 is 11.6 Å². The van der Waals surface area contributed by atoms with E-state index in [1.54, 1.807) is 24.3 Å². The lowest BCUT2D eigenvalue weighted by atomic mass is 9.94. The molecule has 1 atom stereocenters. The molecule has 3 aromatic rings.